The number of para-hydroxylation sites is 1. The van der Waals surface area contributed by atoms with Gasteiger partial charge in [-0.2, -0.15) is 4.31 Å². The number of benzene rings is 1. The summed E-state index contributed by atoms with van der Waals surface area (Å²) in [6.07, 6.45) is 4.19. The molecule has 6 heteroatoms. The molecule has 108 valence electrons. The van der Waals surface area contributed by atoms with E-state index in [9.17, 15) is 8.42 Å². The molecule has 21 heavy (non-hydrogen) atoms. The van der Waals surface area contributed by atoms with Gasteiger partial charge in [0.15, 0.2) is 0 Å². The zero-order chi connectivity index (χ0) is 14.4. The van der Waals surface area contributed by atoms with Gasteiger partial charge in [-0.15, -0.1) is 0 Å². The van der Waals surface area contributed by atoms with Crippen molar-refractivity contribution in [2.45, 2.75) is 24.4 Å². The Morgan fingerprint density at radius 3 is 2.81 bits per heavy atom. The minimum Gasteiger partial charge on any atom is -0.492 e. The van der Waals surface area contributed by atoms with Gasteiger partial charge < -0.3 is 4.74 Å². The average Bonchev–Trinajstić information content (AvgIpc) is 3.13. The van der Waals surface area contributed by atoms with Crippen molar-refractivity contribution in [1.29, 1.82) is 0 Å². The highest BCUT2D eigenvalue weighted by Crippen LogP contribution is 2.36. The third-order valence-corrected chi connectivity index (χ3v) is 5.81. The maximum atomic E-state index is 12.9. The maximum absolute atomic E-state index is 12.9. The summed E-state index contributed by atoms with van der Waals surface area (Å²) in [6, 6.07) is 7.20. The monoisotopic (exact) mass is 302 g/mol. The predicted octanol–water partition coefficient (Wildman–Crippen LogP) is 1.72. The van der Waals surface area contributed by atoms with Crippen LogP contribution < -0.4 is 4.74 Å². The van der Waals surface area contributed by atoms with E-state index in [4.69, 9.17) is 4.74 Å². The minimum absolute atomic E-state index is 0.276. The van der Waals surface area contributed by atoms with Crippen molar-refractivity contribution in [2.75, 3.05) is 6.61 Å². The summed E-state index contributed by atoms with van der Waals surface area (Å²) >= 11 is 0. The zero-order valence-corrected chi connectivity index (χ0v) is 12.1. The second kappa shape index (κ2) is 4.54. The van der Waals surface area contributed by atoms with Gasteiger partial charge in [-0.25, -0.2) is 8.42 Å². The highest BCUT2D eigenvalue weighted by molar-refractivity contribution is 7.89. The van der Waals surface area contributed by atoms with Crippen molar-refractivity contribution >= 4 is 10.0 Å². The first-order chi connectivity index (χ1) is 10.2. The molecule has 1 aromatic carbocycles. The smallest absolute Gasteiger partial charge is 0.247 e. The van der Waals surface area contributed by atoms with Gasteiger partial charge in [0.25, 0.3) is 0 Å². The lowest BCUT2D eigenvalue weighted by Crippen LogP contribution is -2.26. The molecule has 0 saturated carbocycles. The van der Waals surface area contributed by atoms with Crippen LogP contribution in [0.5, 0.6) is 5.75 Å². The Morgan fingerprint density at radius 1 is 1.10 bits per heavy atom. The molecule has 0 radical (unpaired) electrons. The SMILES string of the molecule is O=S(=O)(c1cccc2c1OCC2)N1Cc2ccncc2C1. The van der Waals surface area contributed by atoms with Crippen LogP contribution in [0.25, 0.3) is 0 Å². The molecule has 0 atom stereocenters. The number of nitrogens with zero attached hydrogens (tertiary/aromatic N) is 2. The van der Waals surface area contributed by atoms with E-state index >= 15 is 0 Å². The number of aromatic nitrogens is 1. The molecule has 2 aliphatic heterocycles. The van der Waals surface area contributed by atoms with Gasteiger partial charge in [-0.05, 0) is 28.8 Å². The second-order valence-corrected chi connectivity index (χ2v) is 7.17. The Kier molecular flexibility index (Phi) is 2.77. The average molecular weight is 302 g/mol. The minimum atomic E-state index is -3.55. The fraction of sp³-hybridized carbons (Fsp3) is 0.267. The topological polar surface area (TPSA) is 59.5 Å². The van der Waals surface area contributed by atoms with Gasteiger partial charge in [0.2, 0.25) is 10.0 Å². The Morgan fingerprint density at radius 2 is 1.95 bits per heavy atom. The van der Waals surface area contributed by atoms with E-state index in [2.05, 4.69) is 4.98 Å². The molecule has 4 rings (SSSR count). The van der Waals surface area contributed by atoms with E-state index in [1.165, 1.54) is 4.31 Å². The largest absolute Gasteiger partial charge is 0.492 e. The lowest BCUT2D eigenvalue weighted by atomic mass is 10.2. The maximum Gasteiger partial charge on any atom is 0.247 e. The highest BCUT2D eigenvalue weighted by Gasteiger charge is 2.34. The van der Waals surface area contributed by atoms with Gasteiger partial charge in [-0.3, -0.25) is 4.98 Å². The number of ether oxygens (including phenoxy) is 1. The van der Waals surface area contributed by atoms with E-state index in [1.54, 1.807) is 24.5 Å². The molecular formula is C15H14N2O3S. The van der Waals surface area contributed by atoms with E-state index in [-0.39, 0.29) is 4.90 Å². The van der Waals surface area contributed by atoms with Crippen LogP contribution in [0.1, 0.15) is 16.7 Å². The molecule has 2 aromatic rings. The Hall–Kier alpha value is -1.92. The molecule has 0 amide bonds. The third-order valence-electron chi connectivity index (χ3n) is 3.99. The molecular weight excluding hydrogens is 288 g/mol. The summed E-state index contributed by atoms with van der Waals surface area (Å²) in [5.41, 5.74) is 2.95. The van der Waals surface area contributed by atoms with Gasteiger partial charge >= 0.3 is 0 Å². The zero-order valence-electron chi connectivity index (χ0n) is 11.3. The van der Waals surface area contributed by atoms with Crippen molar-refractivity contribution < 1.29 is 13.2 Å². The summed E-state index contributed by atoms with van der Waals surface area (Å²) in [5, 5.41) is 0. The lowest BCUT2D eigenvalue weighted by molar-refractivity contribution is 0.346. The fourth-order valence-electron chi connectivity index (χ4n) is 2.89. The van der Waals surface area contributed by atoms with Crippen LogP contribution >= 0.6 is 0 Å². The van der Waals surface area contributed by atoms with Crippen LogP contribution in [0.3, 0.4) is 0 Å². The summed E-state index contributed by atoms with van der Waals surface area (Å²) < 4.78 is 32.8. The summed E-state index contributed by atoms with van der Waals surface area (Å²) in [5.74, 6) is 0.520. The predicted molar refractivity (Wildman–Crippen MR) is 76.3 cm³/mol. The van der Waals surface area contributed by atoms with Crippen molar-refractivity contribution in [3.63, 3.8) is 0 Å². The van der Waals surface area contributed by atoms with E-state index in [0.29, 0.717) is 25.4 Å². The molecule has 0 unspecified atom stereocenters. The first kappa shape index (κ1) is 12.8. The van der Waals surface area contributed by atoms with Crippen LogP contribution in [0.2, 0.25) is 0 Å². The second-order valence-electron chi connectivity index (χ2n) is 5.26. The molecule has 2 aliphatic rings. The lowest BCUT2D eigenvalue weighted by Gasteiger charge is -2.17. The molecule has 0 bridgehead atoms. The Balaban J connectivity index is 1.75. The fourth-order valence-corrected chi connectivity index (χ4v) is 4.46. The molecule has 1 aromatic heterocycles. The van der Waals surface area contributed by atoms with Crippen LogP contribution in [0.15, 0.2) is 41.6 Å². The first-order valence-corrected chi connectivity index (χ1v) is 8.27. The van der Waals surface area contributed by atoms with Crippen LogP contribution in [0.4, 0.5) is 0 Å². The Bertz CT molecular complexity index is 792. The van der Waals surface area contributed by atoms with E-state index in [1.807, 2.05) is 12.1 Å². The highest BCUT2D eigenvalue weighted by atomic mass is 32.2. The number of hydrogen-bond acceptors (Lipinski definition) is 4. The quantitative estimate of drug-likeness (QED) is 0.847. The van der Waals surface area contributed by atoms with Gasteiger partial charge in [0.05, 0.1) is 6.61 Å². The summed E-state index contributed by atoms with van der Waals surface area (Å²) in [4.78, 5) is 4.33. The van der Waals surface area contributed by atoms with Crippen molar-refractivity contribution in [3.8, 4) is 5.75 Å². The van der Waals surface area contributed by atoms with E-state index < -0.39 is 10.0 Å². The van der Waals surface area contributed by atoms with Gasteiger partial charge in [0, 0.05) is 31.9 Å². The normalized spacial score (nSPS) is 17.3. The molecule has 5 nitrogen and oxygen atoms in total. The molecule has 0 fully saturated rings. The third kappa shape index (κ3) is 1.94. The molecule has 3 heterocycles. The van der Waals surface area contributed by atoms with E-state index in [0.717, 1.165) is 23.1 Å². The molecule has 0 aliphatic carbocycles. The number of sulfonamides is 1. The van der Waals surface area contributed by atoms with Crippen molar-refractivity contribution in [2.24, 2.45) is 0 Å². The molecule has 0 saturated heterocycles. The number of pyridine rings is 1. The van der Waals surface area contributed by atoms with Crippen molar-refractivity contribution in [3.05, 3.63) is 53.3 Å². The number of rotatable bonds is 2. The summed E-state index contributed by atoms with van der Waals surface area (Å²) in [6.45, 7) is 1.31. The van der Waals surface area contributed by atoms with Crippen molar-refractivity contribution in [1.82, 2.24) is 9.29 Å². The number of fused-ring (bicyclic) bond motifs is 2. The van der Waals surface area contributed by atoms with Crippen LogP contribution in [-0.4, -0.2) is 24.3 Å². The Labute approximate surface area is 123 Å². The number of hydrogen-bond donors (Lipinski definition) is 0. The van der Waals surface area contributed by atoms with Crippen LogP contribution in [-0.2, 0) is 29.5 Å². The standard InChI is InChI=1S/C15H14N2O3S/c18-21(19,14-3-1-2-11-5-7-20-15(11)14)17-9-12-4-6-16-8-13(12)10-17/h1-4,6,8H,5,7,9-10H2. The molecule has 0 N–H and O–H groups in total. The van der Waals surface area contributed by atoms with Gasteiger partial charge in [-0.1, -0.05) is 12.1 Å². The van der Waals surface area contributed by atoms with Gasteiger partial charge in [0.1, 0.15) is 10.6 Å². The molecule has 0 spiro atoms. The summed E-state index contributed by atoms with van der Waals surface area (Å²) in [7, 11) is -3.55. The van der Waals surface area contributed by atoms with Crippen LogP contribution in [0, 0.1) is 0 Å². The first-order valence-electron chi connectivity index (χ1n) is 6.83.